The summed E-state index contributed by atoms with van der Waals surface area (Å²) in [5, 5.41) is 3.50. The number of carbonyl (C=O) groups is 2. The molecule has 0 saturated heterocycles. The number of halogens is 3. The van der Waals surface area contributed by atoms with Crippen LogP contribution in [0.3, 0.4) is 0 Å². The summed E-state index contributed by atoms with van der Waals surface area (Å²) in [5.41, 5.74) is -1.65. The van der Waals surface area contributed by atoms with E-state index in [4.69, 9.17) is 23.2 Å². The lowest BCUT2D eigenvalue weighted by atomic mass is 9.81. The first-order valence-electron chi connectivity index (χ1n) is 7.76. The quantitative estimate of drug-likeness (QED) is 0.857. The zero-order valence-electron chi connectivity index (χ0n) is 13.4. The van der Waals surface area contributed by atoms with Crippen molar-refractivity contribution in [2.75, 3.05) is 0 Å². The van der Waals surface area contributed by atoms with Gasteiger partial charge < -0.3 is 5.32 Å². The standard InChI is InChI=1S/C18H15Cl2FN2O2/c1-10(12-5-4-11(19)9-14(12)20)23-17(25)18(21)7-6-15(24)16-13(18)3-2-8-22-16/h2-5,8-10H,6-7H2,1H3,(H,23,25)/t10-,18?/m0/s1. The van der Waals surface area contributed by atoms with Crippen molar-refractivity contribution < 1.29 is 14.0 Å². The third-order valence-corrected chi connectivity index (χ3v) is 4.89. The molecule has 1 aromatic carbocycles. The van der Waals surface area contributed by atoms with E-state index < -0.39 is 17.6 Å². The van der Waals surface area contributed by atoms with Crippen LogP contribution in [0.1, 0.15) is 47.4 Å². The molecule has 2 aromatic rings. The lowest BCUT2D eigenvalue weighted by Crippen LogP contribution is -2.45. The fraction of sp³-hybridized carbons (Fsp3) is 0.278. The molecule has 1 amide bonds. The van der Waals surface area contributed by atoms with Crippen molar-refractivity contribution in [1.29, 1.82) is 0 Å². The number of aromatic nitrogens is 1. The highest BCUT2D eigenvalue weighted by atomic mass is 35.5. The minimum atomic E-state index is -2.30. The fourth-order valence-electron chi connectivity index (χ4n) is 2.96. The maximum absolute atomic E-state index is 15.5. The average molecular weight is 381 g/mol. The second-order valence-electron chi connectivity index (χ2n) is 5.98. The van der Waals surface area contributed by atoms with Crippen LogP contribution in [-0.4, -0.2) is 16.7 Å². The summed E-state index contributed by atoms with van der Waals surface area (Å²) in [7, 11) is 0. The average Bonchev–Trinajstić information content (AvgIpc) is 2.58. The number of hydrogen-bond donors (Lipinski definition) is 1. The molecular weight excluding hydrogens is 366 g/mol. The normalized spacial score (nSPS) is 20.7. The maximum atomic E-state index is 15.5. The van der Waals surface area contributed by atoms with Crippen LogP contribution in [0.4, 0.5) is 4.39 Å². The molecule has 4 nitrogen and oxygen atoms in total. The van der Waals surface area contributed by atoms with Gasteiger partial charge in [0.15, 0.2) is 5.78 Å². The summed E-state index contributed by atoms with van der Waals surface area (Å²) in [5.74, 6) is -1.07. The van der Waals surface area contributed by atoms with Gasteiger partial charge in [-0.15, -0.1) is 0 Å². The summed E-state index contributed by atoms with van der Waals surface area (Å²) in [6.07, 6.45) is 1.14. The van der Waals surface area contributed by atoms with Gasteiger partial charge in [0.2, 0.25) is 5.67 Å². The fourth-order valence-corrected chi connectivity index (χ4v) is 3.54. The van der Waals surface area contributed by atoms with Gasteiger partial charge in [-0.05, 0) is 30.7 Å². The molecule has 0 aliphatic heterocycles. The highest BCUT2D eigenvalue weighted by molar-refractivity contribution is 6.35. The van der Waals surface area contributed by atoms with E-state index in [9.17, 15) is 9.59 Å². The summed E-state index contributed by atoms with van der Waals surface area (Å²) in [6.45, 7) is 1.70. The molecule has 1 aliphatic carbocycles. The number of hydrogen-bond acceptors (Lipinski definition) is 3. The van der Waals surface area contributed by atoms with E-state index >= 15 is 4.39 Å². The van der Waals surface area contributed by atoms with Crippen LogP contribution in [0, 0.1) is 0 Å². The Labute approximate surface area is 154 Å². The van der Waals surface area contributed by atoms with Gasteiger partial charge in [-0.2, -0.15) is 0 Å². The predicted molar refractivity (Wildman–Crippen MR) is 93.6 cm³/mol. The Hall–Kier alpha value is -1.98. The van der Waals surface area contributed by atoms with Gasteiger partial charge in [-0.3, -0.25) is 14.6 Å². The Morgan fingerprint density at radius 3 is 2.84 bits per heavy atom. The minimum Gasteiger partial charge on any atom is -0.346 e. The van der Waals surface area contributed by atoms with Gasteiger partial charge in [0, 0.05) is 34.6 Å². The van der Waals surface area contributed by atoms with Gasteiger partial charge in [-0.1, -0.05) is 35.3 Å². The number of amides is 1. The molecule has 0 saturated carbocycles. The molecule has 1 aliphatic rings. The molecule has 1 N–H and O–H groups in total. The largest absolute Gasteiger partial charge is 0.346 e. The number of Topliss-reactive ketones (excluding diaryl/α,β-unsaturated/α-hetero) is 1. The van der Waals surface area contributed by atoms with Crippen LogP contribution in [-0.2, 0) is 10.5 Å². The van der Waals surface area contributed by atoms with Crippen molar-refractivity contribution in [1.82, 2.24) is 10.3 Å². The lowest BCUT2D eigenvalue weighted by Gasteiger charge is -2.30. The number of alkyl halides is 1. The van der Waals surface area contributed by atoms with E-state index in [1.807, 2.05) is 0 Å². The van der Waals surface area contributed by atoms with Crippen LogP contribution in [0.15, 0.2) is 36.5 Å². The van der Waals surface area contributed by atoms with E-state index in [1.165, 1.54) is 18.3 Å². The molecule has 3 rings (SSSR count). The number of rotatable bonds is 3. The maximum Gasteiger partial charge on any atom is 0.262 e. The Bertz CT molecular complexity index is 859. The smallest absolute Gasteiger partial charge is 0.262 e. The first kappa shape index (κ1) is 17.8. The number of ketones is 1. The SMILES string of the molecule is C[C@H](NC(=O)C1(F)CCC(=O)c2ncccc21)c1ccc(Cl)cc1Cl. The minimum absolute atomic E-state index is 0.0122. The molecule has 0 fully saturated rings. The highest BCUT2D eigenvalue weighted by Crippen LogP contribution is 2.39. The van der Waals surface area contributed by atoms with Gasteiger partial charge in [0.1, 0.15) is 5.69 Å². The Morgan fingerprint density at radius 1 is 1.36 bits per heavy atom. The van der Waals surface area contributed by atoms with Gasteiger partial charge >= 0.3 is 0 Å². The molecule has 0 spiro atoms. The first-order chi connectivity index (χ1) is 11.8. The molecule has 25 heavy (non-hydrogen) atoms. The molecule has 130 valence electrons. The third kappa shape index (κ3) is 3.26. The number of carbonyl (C=O) groups excluding carboxylic acids is 2. The van der Waals surface area contributed by atoms with Crippen LogP contribution >= 0.6 is 23.2 Å². The van der Waals surface area contributed by atoms with Crippen LogP contribution in [0.2, 0.25) is 10.0 Å². The molecular formula is C18H15Cl2FN2O2. The van der Waals surface area contributed by atoms with Gasteiger partial charge in [-0.25, -0.2) is 4.39 Å². The van der Waals surface area contributed by atoms with Crippen molar-refractivity contribution in [3.63, 3.8) is 0 Å². The zero-order valence-corrected chi connectivity index (χ0v) is 14.9. The van der Waals surface area contributed by atoms with Crippen LogP contribution in [0.25, 0.3) is 0 Å². The van der Waals surface area contributed by atoms with E-state index in [2.05, 4.69) is 10.3 Å². The number of nitrogens with zero attached hydrogens (tertiary/aromatic N) is 1. The van der Waals surface area contributed by atoms with E-state index in [0.717, 1.165) is 0 Å². The van der Waals surface area contributed by atoms with E-state index in [0.29, 0.717) is 15.6 Å². The van der Waals surface area contributed by atoms with Gasteiger partial charge in [0.05, 0.1) is 6.04 Å². The molecule has 1 unspecified atom stereocenters. The molecule has 2 atom stereocenters. The van der Waals surface area contributed by atoms with Crippen molar-refractivity contribution in [2.24, 2.45) is 0 Å². The first-order valence-corrected chi connectivity index (χ1v) is 8.52. The zero-order chi connectivity index (χ0) is 18.2. The molecule has 1 heterocycles. The number of fused-ring (bicyclic) bond motifs is 1. The molecule has 0 radical (unpaired) electrons. The molecule has 7 heteroatoms. The van der Waals surface area contributed by atoms with E-state index in [-0.39, 0.29) is 29.9 Å². The number of pyridine rings is 1. The highest BCUT2D eigenvalue weighted by Gasteiger charge is 2.47. The Kier molecular flexibility index (Phi) is 4.80. The van der Waals surface area contributed by atoms with E-state index in [1.54, 1.807) is 25.1 Å². The van der Waals surface area contributed by atoms with Crippen molar-refractivity contribution in [3.05, 3.63) is 63.4 Å². The Morgan fingerprint density at radius 2 is 2.12 bits per heavy atom. The number of benzene rings is 1. The van der Waals surface area contributed by atoms with Crippen LogP contribution < -0.4 is 5.32 Å². The second-order valence-corrected chi connectivity index (χ2v) is 6.83. The monoisotopic (exact) mass is 380 g/mol. The predicted octanol–water partition coefficient (Wildman–Crippen LogP) is 4.41. The number of nitrogens with one attached hydrogen (secondary N) is 1. The van der Waals surface area contributed by atoms with Crippen LogP contribution in [0.5, 0.6) is 0 Å². The van der Waals surface area contributed by atoms with Crippen molar-refractivity contribution in [3.8, 4) is 0 Å². The summed E-state index contributed by atoms with van der Waals surface area (Å²) >= 11 is 12.0. The van der Waals surface area contributed by atoms with Crippen molar-refractivity contribution >= 4 is 34.9 Å². The molecule has 1 aromatic heterocycles. The third-order valence-electron chi connectivity index (χ3n) is 4.33. The summed E-state index contributed by atoms with van der Waals surface area (Å²) in [4.78, 5) is 28.5. The second kappa shape index (κ2) is 6.73. The Balaban J connectivity index is 1.88. The topological polar surface area (TPSA) is 59.1 Å². The van der Waals surface area contributed by atoms with Crippen molar-refractivity contribution in [2.45, 2.75) is 31.5 Å². The van der Waals surface area contributed by atoms with Gasteiger partial charge in [0.25, 0.3) is 5.91 Å². The lowest BCUT2D eigenvalue weighted by molar-refractivity contribution is -0.135. The molecule has 0 bridgehead atoms. The summed E-state index contributed by atoms with van der Waals surface area (Å²) < 4.78 is 15.5. The summed E-state index contributed by atoms with van der Waals surface area (Å²) in [6, 6.07) is 7.31.